The van der Waals surface area contributed by atoms with Crippen LogP contribution in [0.2, 0.25) is 0 Å². The van der Waals surface area contributed by atoms with Gasteiger partial charge in [-0.2, -0.15) is 0 Å². The Hall–Kier alpha value is -1.62. The third kappa shape index (κ3) is 2.94. The van der Waals surface area contributed by atoms with Gasteiger partial charge in [-0.25, -0.2) is 9.78 Å². The summed E-state index contributed by atoms with van der Waals surface area (Å²) in [5.74, 6) is -0.0820. The molecule has 0 spiro atoms. The molecule has 5 heteroatoms. The fourth-order valence-electron chi connectivity index (χ4n) is 1.76. The van der Waals surface area contributed by atoms with Crippen molar-refractivity contribution in [1.82, 2.24) is 4.98 Å². The molecule has 1 aliphatic heterocycles. The number of carbonyl (C=O) groups is 1. The van der Waals surface area contributed by atoms with Crippen molar-refractivity contribution >= 4 is 5.97 Å². The molecule has 1 atom stereocenters. The number of hydrogen-bond donors (Lipinski definition) is 1. The molecule has 1 aliphatic rings. The van der Waals surface area contributed by atoms with E-state index in [4.69, 9.17) is 14.6 Å². The van der Waals surface area contributed by atoms with E-state index in [0.29, 0.717) is 24.1 Å². The van der Waals surface area contributed by atoms with Crippen LogP contribution < -0.4 is 4.74 Å². The van der Waals surface area contributed by atoms with Gasteiger partial charge in [0.25, 0.3) is 0 Å². The second-order valence-electron chi connectivity index (χ2n) is 4.13. The third-order valence-corrected chi connectivity index (χ3v) is 2.78. The van der Waals surface area contributed by atoms with Crippen molar-refractivity contribution in [2.45, 2.75) is 13.3 Å². The van der Waals surface area contributed by atoms with E-state index in [1.54, 1.807) is 13.0 Å². The lowest BCUT2D eigenvalue weighted by Crippen LogP contribution is -2.13. The van der Waals surface area contributed by atoms with Crippen molar-refractivity contribution in [2.24, 2.45) is 5.92 Å². The topological polar surface area (TPSA) is 68.7 Å². The van der Waals surface area contributed by atoms with Gasteiger partial charge in [0.15, 0.2) is 0 Å². The predicted octanol–water partition coefficient (Wildman–Crippen LogP) is 1.50. The lowest BCUT2D eigenvalue weighted by Gasteiger charge is -2.10. The van der Waals surface area contributed by atoms with E-state index in [-0.39, 0.29) is 5.56 Å². The Morgan fingerprint density at radius 3 is 3.06 bits per heavy atom. The van der Waals surface area contributed by atoms with Crippen molar-refractivity contribution in [3.63, 3.8) is 0 Å². The number of aryl methyl sites for hydroxylation is 1. The van der Waals surface area contributed by atoms with Crippen LogP contribution in [0.3, 0.4) is 0 Å². The molecule has 0 saturated carbocycles. The van der Waals surface area contributed by atoms with E-state index in [0.717, 1.165) is 19.6 Å². The van der Waals surface area contributed by atoms with E-state index in [2.05, 4.69) is 4.98 Å². The van der Waals surface area contributed by atoms with E-state index >= 15 is 0 Å². The van der Waals surface area contributed by atoms with E-state index in [1.807, 2.05) is 0 Å². The maximum absolute atomic E-state index is 10.8. The summed E-state index contributed by atoms with van der Waals surface area (Å²) in [6, 6.07) is 3.11. The number of nitrogens with zero attached hydrogens (tertiary/aromatic N) is 1. The molecular weight excluding hydrogens is 222 g/mol. The van der Waals surface area contributed by atoms with Crippen LogP contribution in [0.1, 0.15) is 22.5 Å². The van der Waals surface area contributed by atoms with Gasteiger partial charge in [0.1, 0.15) is 0 Å². The van der Waals surface area contributed by atoms with Gasteiger partial charge in [0.05, 0.1) is 24.5 Å². The Kier molecular flexibility index (Phi) is 3.58. The van der Waals surface area contributed by atoms with Crippen LogP contribution in [-0.2, 0) is 4.74 Å². The lowest BCUT2D eigenvalue weighted by atomic mass is 10.1. The number of aromatic nitrogens is 1. The number of ether oxygens (including phenoxy) is 2. The van der Waals surface area contributed by atoms with Crippen LogP contribution >= 0.6 is 0 Å². The number of carboxylic acid groups (broad SMARTS) is 1. The van der Waals surface area contributed by atoms with Crippen LogP contribution in [-0.4, -0.2) is 35.9 Å². The minimum atomic E-state index is -0.967. The average Bonchev–Trinajstić information content (AvgIpc) is 2.78. The first kappa shape index (κ1) is 11.9. The average molecular weight is 237 g/mol. The summed E-state index contributed by atoms with van der Waals surface area (Å²) in [7, 11) is 0. The zero-order valence-electron chi connectivity index (χ0n) is 9.68. The van der Waals surface area contributed by atoms with Crippen LogP contribution in [0, 0.1) is 12.8 Å². The van der Waals surface area contributed by atoms with Gasteiger partial charge >= 0.3 is 5.97 Å². The second-order valence-corrected chi connectivity index (χ2v) is 4.13. The summed E-state index contributed by atoms with van der Waals surface area (Å²) >= 11 is 0. The number of carboxylic acids is 1. The van der Waals surface area contributed by atoms with Crippen LogP contribution in [0.5, 0.6) is 5.88 Å². The van der Waals surface area contributed by atoms with Gasteiger partial charge in [-0.05, 0) is 19.4 Å². The Labute approximate surface area is 99.4 Å². The molecule has 92 valence electrons. The van der Waals surface area contributed by atoms with Crippen molar-refractivity contribution < 1.29 is 19.4 Å². The SMILES string of the molecule is Cc1nc(OCC2CCOC2)ccc1C(=O)O. The van der Waals surface area contributed by atoms with Gasteiger partial charge in [-0.15, -0.1) is 0 Å². The van der Waals surface area contributed by atoms with Gasteiger partial charge in [0.2, 0.25) is 5.88 Å². The Morgan fingerprint density at radius 1 is 1.65 bits per heavy atom. The van der Waals surface area contributed by atoms with E-state index in [9.17, 15) is 4.79 Å². The molecule has 0 radical (unpaired) electrons. The molecule has 1 aromatic rings. The van der Waals surface area contributed by atoms with Crippen molar-refractivity contribution in [3.05, 3.63) is 23.4 Å². The highest BCUT2D eigenvalue weighted by molar-refractivity contribution is 5.88. The number of hydrogen-bond acceptors (Lipinski definition) is 4. The second kappa shape index (κ2) is 5.14. The van der Waals surface area contributed by atoms with E-state index < -0.39 is 5.97 Å². The predicted molar refractivity (Wildman–Crippen MR) is 60.4 cm³/mol. The van der Waals surface area contributed by atoms with Crippen LogP contribution in [0.25, 0.3) is 0 Å². The highest BCUT2D eigenvalue weighted by Crippen LogP contribution is 2.16. The lowest BCUT2D eigenvalue weighted by molar-refractivity contribution is 0.0695. The standard InChI is InChI=1S/C12H15NO4/c1-8-10(12(14)15)2-3-11(13-8)17-7-9-4-5-16-6-9/h2-3,9H,4-7H2,1H3,(H,14,15). The van der Waals surface area contributed by atoms with Crippen molar-refractivity contribution in [1.29, 1.82) is 0 Å². The molecule has 5 nitrogen and oxygen atoms in total. The highest BCUT2D eigenvalue weighted by Gasteiger charge is 2.17. The molecule has 1 fully saturated rings. The zero-order chi connectivity index (χ0) is 12.3. The zero-order valence-corrected chi connectivity index (χ0v) is 9.68. The van der Waals surface area contributed by atoms with E-state index in [1.165, 1.54) is 6.07 Å². The summed E-state index contributed by atoms with van der Waals surface area (Å²) in [5, 5.41) is 8.86. The van der Waals surface area contributed by atoms with Crippen molar-refractivity contribution in [2.75, 3.05) is 19.8 Å². The Bertz CT molecular complexity index is 413. The summed E-state index contributed by atoms with van der Waals surface area (Å²) in [5.41, 5.74) is 0.680. The number of rotatable bonds is 4. The van der Waals surface area contributed by atoms with Gasteiger partial charge in [-0.1, -0.05) is 0 Å². The molecule has 0 bridgehead atoms. The first-order chi connectivity index (χ1) is 8.16. The fraction of sp³-hybridized carbons (Fsp3) is 0.500. The summed E-state index contributed by atoms with van der Waals surface area (Å²) < 4.78 is 10.8. The maximum Gasteiger partial charge on any atom is 0.337 e. The van der Waals surface area contributed by atoms with Gasteiger partial charge in [-0.3, -0.25) is 0 Å². The molecule has 2 rings (SSSR count). The monoisotopic (exact) mass is 237 g/mol. The summed E-state index contributed by atoms with van der Waals surface area (Å²) in [6.07, 6.45) is 1.01. The summed E-state index contributed by atoms with van der Waals surface area (Å²) in [4.78, 5) is 14.9. The van der Waals surface area contributed by atoms with Crippen LogP contribution in [0.15, 0.2) is 12.1 Å². The minimum Gasteiger partial charge on any atom is -0.478 e. The van der Waals surface area contributed by atoms with Gasteiger partial charge in [0, 0.05) is 18.6 Å². The molecule has 2 heterocycles. The Morgan fingerprint density at radius 2 is 2.47 bits per heavy atom. The maximum atomic E-state index is 10.8. The third-order valence-electron chi connectivity index (χ3n) is 2.78. The molecule has 1 N–H and O–H groups in total. The first-order valence-corrected chi connectivity index (χ1v) is 5.58. The number of pyridine rings is 1. The Balaban J connectivity index is 1.97. The first-order valence-electron chi connectivity index (χ1n) is 5.58. The molecule has 1 aromatic heterocycles. The quantitative estimate of drug-likeness (QED) is 0.859. The highest BCUT2D eigenvalue weighted by atomic mass is 16.5. The molecule has 1 unspecified atom stereocenters. The molecular formula is C12H15NO4. The fourth-order valence-corrected chi connectivity index (χ4v) is 1.76. The molecule has 1 saturated heterocycles. The normalized spacial score (nSPS) is 19.2. The smallest absolute Gasteiger partial charge is 0.337 e. The molecule has 0 aromatic carbocycles. The molecule has 0 amide bonds. The van der Waals surface area contributed by atoms with Crippen LogP contribution in [0.4, 0.5) is 0 Å². The van der Waals surface area contributed by atoms with Crippen molar-refractivity contribution in [3.8, 4) is 5.88 Å². The molecule has 17 heavy (non-hydrogen) atoms. The minimum absolute atomic E-state index is 0.210. The van der Waals surface area contributed by atoms with Gasteiger partial charge < -0.3 is 14.6 Å². The molecule has 0 aliphatic carbocycles. The largest absolute Gasteiger partial charge is 0.478 e. The summed E-state index contributed by atoms with van der Waals surface area (Å²) in [6.45, 7) is 3.75. The number of aromatic carboxylic acids is 1.